The van der Waals surface area contributed by atoms with Gasteiger partial charge < -0.3 is 5.11 Å². The Kier molecular flexibility index (Phi) is 2.97. The molecule has 78 valence electrons. The molecule has 0 radical (unpaired) electrons. The normalized spacial score (nSPS) is 12.9. The van der Waals surface area contributed by atoms with E-state index in [9.17, 15) is 5.11 Å². The summed E-state index contributed by atoms with van der Waals surface area (Å²) >= 11 is 0. The third-order valence-corrected chi connectivity index (χ3v) is 2.64. The molecular formula is C13H15NO. The van der Waals surface area contributed by atoms with Gasteiger partial charge in [-0.1, -0.05) is 31.5 Å². The first-order valence-corrected chi connectivity index (χ1v) is 5.33. The van der Waals surface area contributed by atoms with E-state index in [-0.39, 0.29) is 6.10 Å². The van der Waals surface area contributed by atoms with E-state index in [1.54, 1.807) is 6.20 Å². The average Bonchev–Trinajstić information content (AvgIpc) is 2.28. The predicted octanol–water partition coefficient (Wildman–Crippen LogP) is 3.07. The molecule has 2 heteroatoms. The van der Waals surface area contributed by atoms with Crippen LogP contribution >= 0.6 is 0 Å². The molecule has 2 aromatic rings. The number of pyridine rings is 1. The molecule has 1 N–H and O–H groups in total. The highest BCUT2D eigenvalue weighted by Crippen LogP contribution is 2.26. The molecule has 0 bridgehead atoms. The van der Waals surface area contributed by atoms with Crippen molar-refractivity contribution in [3.8, 4) is 0 Å². The maximum Gasteiger partial charge on any atom is 0.0796 e. The zero-order chi connectivity index (χ0) is 10.7. The Morgan fingerprint density at radius 3 is 3.00 bits per heavy atom. The molecule has 0 fully saturated rings. The number of benzene rings is 1. The van der Waals surface area contributed by atoms with E-state index in [4.69, 9.17) is 0 Å². The Hall–Kier alpha value is -1.41. The van der Waals surface area contributed by atoms with Gasteiger partial charge in [0.15, 0.2) is 0 Å². The lowest BCUT2D eigenvalue weighted by Gasteiger charge is -2.12. The van der Waals surface area contributed by atoms with Crippen LogP contribution in [-0.4, -0.2) is 10.1 Å². The number of rotatable bonds is 3. The Labute approximate surface area is 89.6 Å². The van der Waals surface area contributed by atoms with Crippen molar-refractivity contribution in [1.82, 2.24) is 4.98 Å². The van der Waals surface area contributed by atoms with Crippen LogP contribution in [0, 0.1) is 0 Å². The summed E-state index contributed by atoms with van der Waals surface area (Å²) in [7, 11) is 0. The molecule has 0 aliphatic rings. The summed E-state index contributed by atoms with van der Waals surface area (Å²) in [6, 6.07) is 7.94. The molecule has 2 nitrogen and oxygen atoms in total. The molecule has 0 spiro atoms. The zero-order valence-corrected chi connectivity index (χ0v) is 8.85. The van der Waals surface area contributed by atoms with Gasteiger partial charge in [0.25, 0.3) is 0 Å². The van der Waals surface area contributed by atoms with Crippen LogP contribution in [0.1, 0.15) is 31.4 Å². The van der Waals surface area contributed by atoms with E-state index < -0.39 is 0 Å². The predicted molar refractivity (Wildman–Crippen MR) is 61.6 cm³/mol. The fraction of sp³-hybridized carbons (Fsp3) is 0.308. The first kappa shape index (κ1) is 10.1. The number of hydrogen-bond acceptors (Lipinski definition) is 2. The Morgan fingerprint density at radius 2 is 2.20 bits per heavy atom. The van der Waals surface area contributed by atoms with Gasteiger partial charge in [0.2, 0.25) is 0 Å². The number of nitrogens with zero attached hydrogens (tertiary/aromatic N) is 1. The molecule has 0 aliphatic heterocycles. The summed E-state index contributed by atoms with van der Waals surface area (Å²) in [6.45, 7) is 2.08. The first-order valence-electron chi connectivity index (χ1n) is 5.33. The SMILES string of the molecule is CCCC(O)c1cccc2cnccc12. The second-order valence-electron chi connectivity index (χ2n) is 3.75. The van der Waals surface area contributed by atoms with Gasteiger partial charge in [0, 0.05) is 17.8 Å². The zero-order valence-electron chi connectivity index (χ0n) is 8.85. The molecule has 0 aliphatic carbocycles. The summed E-state index contributed by atoms with van der Waals surface area (Å²) in [6.07, 6.45) is 5.03. The van der Waals surface area contributed by atoms with Gasteiger partial charge in [-0.2, -0.15) is 0 Å². The molecule has 1 aromatic carbocycles. The topological polar surface area (TPSA) is 33.1 Å². The van der Waals surface area contributed by atoms with Crippen molar-refractivity contribution in [3.05, 3.63) is 42.2 Å². The maximum absolute atomic E-state index is 10.00. The Bertz CT molecular complexity index is 448. The van der Waals surface area contributed by atoms with Gasteiger partial charge >= 0.3 is 0 Å². The van der Waals surface area contributed by atoms with Crippen molar-refractivity contribution in [1.29, 1.82) is 0 Å². The smallest absolute Gasteiger partial charge is 0.0796 e. The Balaban J connectivity index is 2.50. The third-order valence-electron chi connectivity index (χ3n) is 2.64. The highest BCUT2D eigenvalue weighted by atomic mass is 16.3. The summed E-state index contributed by atoms with van der Waals surface area (Å²) in [5.41, 5.74) is 1.01. The van der Waals surface area contributed by atoms with Gasteiger partial charge in [0.05, 0.1) is 6.10 Å². The number of aliphatic hydroxyl groups is 1. The van der Waals surface area contributed by atoms with Crippen LogP contribution in [0.3, 0.4) is 0 Å². The summed E-state index contributed by atoms with van der Waals surface area (Å²) < 4.78 is 0. The van der Waals surface area contributed by atoms with Gasteiger partial charge in [-0.25, -0.2) is 0 Å². The van der Waals surface area contributed by atoms with Crippen LogP contribution in [0.4, 0.5) is 0 Å². The van der Waals surface area contributed by atoms with E-state index in [1.807, 2.05) is 30.5 Å². The highest BCUT2D eigenvalue weighted by molar-refractivity contribution is 5.85. The van der Waals surface area contributed by atoms with E-state index in [1.165, 1.54) is 0 Å². The van der Waals surface area contributed by atoms with Crippen molar-refractivity contribution < 1.29 is 5.11 Å². The maximum atomic E-state index is 10.00. The standard InChI is InChI=1S/C13H15NO/c1-2-4-13(15)12-6-3-5-10-9-14-8-7-11(10)12/h3,5-9,13,15H,2,4H2,1H3. The highest BCUT2D eigenvalue weighted by Gasteiger charge is 2.09. The average molecular weight is 201 g/mol. The fourth-order valence-corrected chi connectivity index (χ4v) is 1.87. The quantitative estimate of drug-likeness (QED) is 0.827. The van der Waals surface area contributed by atoms with Gasteiger partial charge in [-0.05, 0) is 23.4 Å². The van der Waals surface area contributed by atoms with E-state index in [0.29, 0.717) is 0 Å². The monoisotopic (exact) mass is 201 g/mol. The minimum absolute atomic E-state index is 0.360. The molecule has 0 saturated heterocycles. The second-order valence-corrected chi connectivity index (χ2v) is 3.75. The molecule has 0 amide bonds. The Morgan fingerprint density at radius 1 is 1.33 bits per heavy atom. The van der Waals surface area contributed by atoms with Crippen molar-refractivity contribution in [2.45, 2.75) is 25.9 Å². The lowest BCUT2D eigenvalue weighted by atomic mass is 9.99. The van der Waals surface area contributed by atoms with E-state index in [0.717, 1.165) is 29.2 Å². The third kappa shape index (κ3) is 2.00. The molecular weight excluding hydrogens is 186 g/mol. The minimum atomic E-state index is -0.360. The minimum Gasteiger partial charge on any atom is -0.388 e. The van der Waals surface area contributed by atoms with E-state index in [2.05, 4.69) is 11.9 Å². The molecule has 2 rings (SSSR count). The van der Waals surface area contributed by atoms with Crippen LogP contribution in [0.2, 0.25) is 0 Å². The van der Waals surface area contributed by atoms with Crippen LogP contribution in [0.5, 0.6) is 0 Å². The molecule has 1 aromatic heterocycles. The largest absolute Gasteiger partial charge is 0.388 e. The number of fused-ring (bicyclic) bond motifs is 1. The van der Waals surface area contributed by atoms with Crippen LogP contribution in [0.25, 0.3) is 10.8 Å². The lowest BCUT2D eigenvalue weighted by Crippen LogP contribution is -1.97. The van der Waals surface area contributed by atoms with E-state index >= 15 is 0 Å². The van der Waals surface area contributed by atoms with Crippen molar-refractivity contribution in [2.75, 3.05) is 0 Å². The fourth-order valence-electron chi connectivity index (χ4n) is 1.87. The molecule has 0 saturated carbocycles. The lowest BCUT2D eigenvalue weighted by molar-refractivity contribution is 0.168. The van der Waals surface area contributed by atoms with Crippen LogP contribution in [0.15, 0.2) is 36.7 Å². The first-order chi connectivity index (χ1) is 7.33. The van der Waals surface area contributed by atoms with Gasteiger partial charge in [0.1, 0.15) is 0 Å². The second kappa shape index (κ2) is 4.41. The molecule has 1 atom stereocenters. The number of aliphatic hydroxyl groups excluding tert-OH is 1. The van der Waals surface area contributed by atoms with Crippen molar-refractivity contribution in [2.24, 2.45) is 0 Å². The number of hydrogen-bond donors (Lipinski definition) is 1. The molecule has 1 heterocycles. The van der Waals surface area contributed by atoms with Gasteiger partial charge in [-0.15, -0.1) is 0 Å². The molecule has 15 heavy (non-hydrogen) atoms. The van der Waals surface area contributed by atoms with Crippen LogP contribution in [-0.2, 0) is 0 Å². The van der Waals surface area contributed by atoms with Crippen LogP contribution < -0.4 is 0 Å². The summed E-state index contributed by atoms with van der Waals surface area (Å²) in [5.74, 6) is 0. The van der Waals surface area contributed by atoms with Crippen molar-refractivity contribution in [3.63, 3.8) is 0 Å². The number of aromatic nitrogens is 1. The van der Waals surface area contributed by atoms with Gasteiger partial charge in [-0.3, -0.25) is 4.98 Å². The summed E-state index contributed by atoms with van der Waals surface area (Å²) in [4.78, 5) is 4.08. The van der Waals surface area contributed by atoms with Crippen molar-refractivity contribution >= 4 is 10.8 Å². The molecule has 1 unspecified atom stereocenters. The summed E-state index contributed by atoms with van der Waals surface area (Å²) in [5, 5.41) is 12.2.